The molecule has 6 nitrogen and oxygen atoms in total. The molecule has 2 aromatic carbocycles. The summed E-state index contributed by atoms with van der Waals surface area (Å²) in [5.74, 6) is 0.337. The smallest absolute Gasteiger partial charge is 0.257 e. The SMILES string of the molecule is COc1cccc(C(=O)N2CCN(C(=O)c3cc(C)ccc3O)CC2)c1. The summed E-state index contributed by atoms with van der Waals surface area (Å²) >= 11 is 0. The van der Waals surface area contributed by atoms with Crippen molar-refractivity contribution in [2.45, 2.75) is 6.92 Å². The van der Waals surface area contributed by atoms with Crippen LogP contribution in [0.2, 0.25) is 0 Å². The molecule has 1 heterocycles. The second-order valence-corrected chi connectivity index (χ2v) is 6.34. The third-order valence-corrected chi connectivity index (χ3v) is 4.55. The van der Waals surface area contributed by atoms with Crippen LogP contribution in [-0.4, -0.2) is 60.0 Å². The maximum atomic E-state index is 12.6. The third-order valence-electron chi connectivity index (χ3n) is 4.55. The van der Waals surface area contributed by atoms with Crippen LogP contribution in [0.25, 0.3) is 0 Å². The molecule has 2 aromatic rings. The summed E-state index contributed by atoms with van der Waals surface area (Å²) in [7, 11) is 1.56. The van der Waals surface area contributed by atoms with E-state index in [0.29, 0.717) is 43.1 Å². The lowest BCUT2D eigenvalue weighted by Gasteiger charge is -2.35. The second kappa shape index (κ2) is 7.47. The van der Waals surface area contributed by atoms with E-state index >= 15 is 0 Å². The fraction of sp³-hybridized carbons (Fsp3) is 0.300. The molecule has 1 saturated heterocycles. The minimum atomic E-state index is -0.209. The number of carbonyl (C=O) groups is 2. The Hall–Kier alpha value is -3.02. The number of rotatable bonds is 3. The number of methoxy groups -OCH3 is 1. The Morgan fingerprint density at radius 3 is 2.27 bits per heavy atom. The summed E-state index contributed by atoms with van der Waals surface area (Å²) in [6.45, 7) is 3.65. The second-order valence-electron chi connectivity index (χ2n) is 6.34. The molecule has 1 fully saturated rings. The van der Waals surface area contributed by atoms with Gasteiger partial charge < -0.3 is 19.6 Å². The number of benzene rings is 2. The van der Waals surface area contributed by atoms with Gasteiger partial charge in [0.25, 0.3) is 11.8 Å². The van der Waals surface area contributed by atoms with Gasteiger partial charge in [0.05, 0.1) is 12.7 Å². The van der Waals surface area contributed by atoms with Gasteiger partial charge in [-0.25, -0.2) is 0 Å². The molecule has 1 aliphatic rings. The fourth-order valence-electron chi connectivity index (χ4n) is 3.04. The first-order valence-corrected chi connectivity index (χ1v) is 8.52. The van der Waals surface area contributed by atoms with Gasteiger partial charge in [0.15, 0.2) is 0 Å². The standard InChI is InChI=1S/C20H22N2O4/c1-14-6-7-18(23)17(12-14)20(25)22-10-8-21(9-11-22)19(24)15-4-3-5-16(13-15)26-2/h3-7,12-13,23H,8-11H2,1-2H3. The molecule has 1 aliphatic heterocycles. The molecule has 26 heavy (non-hydrogen) atoms. The average Bonchev–Trinajstić information content (AvgIpc) is 2.69. The van der Waals surface area contributed by atoms with Crippen molar-refractivity contribution in [3.8, 4) is 11.5 Å². The number of amides is 2. The first-order valence-electron chi connectivity index (χ1n) is 8.52. The molecule has 0 unspecified atom stereocenters. The zero-order valence-electron chi connectivity index (χ0n) is 14.9. The lowest BCUT2D eigenvalue weighted by molar-refractivity contribution is 0.0533. The van der Waals surface area contributed by atoms with Gasteiger partial charge in [-0.3, -0.25) is 9.59 Å². The molecule has 136 valence electrons. The maximum Gasteiger partial charge on any atom is 0.257 e. The van der Waals surface area contributed by atoms with Crippen LogP contribution in [0.15, 0.2) is 42.5 Å². The quantitative estimate of drug-likeness (QED) is 0.918. The first-order chi connectivity index (χ1) is 12.5. The molecule has 0 atom stereocenters. The Balaban J connectivity index is 1.66. The minimum absolute atomic E-state index is 0.0181. The van der Waals surface area contributed by atoms with E-state index in [2.05, 4.69) is 0 Å². The van der Waals surface area contributed by atoms with E-state index in [0.717, 1.165) is 5.56 Å². The number of carbonyl (C=O) groups excluding carboxylic acids is 2. The Kier molecular flexibility index (Phi) is 5.11. The van der Waals surface area contributed by atoms with Crippen molar-refractivity contribution in [3.63, 3.8) is 0 Å². The number of nitrogens with zero attached hydrogens (tertiary/aromatic N) is 2. The molecule has 0 aromatic heterocycles. The zero-order chi connectivity index (χ0) is 18.7. The summed E-state index contributed by atoms with van der Waals surface area (Å²) in [5.41, 5.74) is 1.79. The van der Waals surface area contributed by atoms with Crippen molar-refractivity contribution in [3.05, 3.63) is 59.2 Å². The molecule has 0 saturated carbocycles. The van der Waals surface area contributed by atoms with Gasteiger partial charge in [0.2, 0.25) is 0 Å². The number of aryl methyl sites for hydroxylation is 1. The molecule has 2 amide bonds. The number of phenolic OH excluding ortho intramolecular Hbond substituents is 1. The van der Waals surface area contributed by atoms with Crippen LogP contribution in [0, 0.1) is 6.92 Å². The highest BCUT2D eigenvalue weighted by Crippen LogP contribution is 2.21. The number of piperazine rings is 1. The van der Waals surface area contributed by atoms with Crippen LogP contribution in [-0.2, 0) is 0 Å². The lowest BCUT2D eigenvalue weighted by atomic mass is 10.1. The topological polar surface area (TPSA) is 70.1 Å². The molecule has 0 spiro atoms. The molecule has 0 aliphatic carbocycles. The summed E-state index contributed by atoms with van der Waals surface area (Å²) in [6.07, 6.45) is 0. The van der Waals surface area contributed by atoms with Crippen molar-refractivity contribution in [1.82, 2.24) is 9.80 Å². The average molecular weight is 354 g/mol. The zero-order valence-corrected chi connectivity index (χ0v) is 14.9. The third kappa shape index (κ3) is 3.64. The van der Waals surface area contributed by atoms with Crippen LogP contribution >= 0.6 is 0 Å². The Bertz CT molecular complexity index is 826. The summed E-state index contributed by atoms with van der Waals surface area (Å²) in [6, 6.07) is 12.0. The molecule has 3 rings (SSSR count). The van der Waals surface area contributed by atoms with Gasteiger partial charge in [0, 0.05) is 31.7 Å². The Morgan fingerprint density at radius 1 is 0.962 bits per heavy atom. The number of ether oxygens (including phenoxy) is 1. The lowest BCUT2D eigenvalue weighted by Crippen LogP contribution is -2.50. The van der Waals surface area contributed by atoms with Crippen LogP contribution < -0.4 is 4.74 Å². The van der Waals surface area contributed by atoms with Crippen molar-refractivity contribution in [2.24, 2.45) is 0 Å². The van der Waals surface area contributed by atoms with Gasteiger partial charge in [-0.05, 0) is 37.3 Å². The Morgan fingerprint density at radius 2 is 1.62 bits per heavy atom. The molecular formula is C20H22N2O4. The van der Waals surface area contributed by atoms with Gasteiger partial charge in [-0.2, -0.15) is 0 Å². The predicted octanol–water partition coefficient (Wildman–Crippen LogP) is 2.31. The maximum absolute atomic E-state index is 12.6. The van der Waals surface area contributed by atoms with Crippen molar-refractivity contribution in [1.29, 1.82) is 0 Å². The van der Waals surface area contributed by atoms with Crippen LogP contribution in [0.1, 0.15) is 26.3 Å². The van der Waals surface area contributed by atoms with Crippen molar-refractivity contribution < 1.29 is 19.4 Å². The molecule has 1 N–H and O–H groups in total. The van der Waals surface area contributed by atoms with Gasteiger partial charge >= 0.3 is 0 Å². The van der Waals surface area contributed by atoms with Crippen LogP contribution in [0.5, 0.6) is 11.5 Å². The number of aromatic hydroxyl groups is 1. The molecule has 6 heteroatoms. The minimum Gasteiger partial charge on any atom is -0.507 e. The fourth-order valence-corrected chi connectivity index (χ4v) is 3.04. The monoisotopic (exact) mass is 354 g/mol. The van der Waals surface area contributed by atoms with Gasteiger partial charge in [-0.1, -0.05) is 17.7 Å². The molecule has 0 bridgehead atoms. The number of hydrogen-bond donors (Lipinski definition) is 1. The van der Waals surface area contributed by atoms with E-state index in [1.807, 2.05) is 6.92 Å². The highest BCUT2D eigenvalue weighted by atomic mass is 16.5. The van der Waals surface area contributed by atoms with E-state index in [1.54, 1.807) is 53.3 Å². The predicted molar refractivity (Wildman–Crippen MR) is 97.6 cm³/mol. The van der Waals surface area contributed by atoms with E-state index in [4.69, 9.17) is 4.74 Å². The van der Waals surface area contributed by atoms with Gasteiger partial charge in [0.1, 0.15) is 11.5 Å². The van der Waals surface area contributed by atoms with E-state index < -0.39 is 0 Å². The summed E-state index contributed by atoms with van der Waals surface area (Å²) in [4.78, 5) is 28.7. The normalized spacial score (nSPS) is 14.2. The Labute approximate surface area is 152 Å². The molecule has 0 radical (unpaired) electrons. The first kappa shape index (κ1) is 17.8. The largest absolute Gasteiger partial charge is 0.507 e. The van der Waals surface area contributed by atoms with Crippen LogP contribution in [0.3, 0.4) is 0 Å². The van der Waals surface area contributed by atoms with E-state index in [-0.39, 0.29) is 17.6 Å². The van der Waals surface area contributed by atoms with Crippen LogP contribution in [0.4, 0.5) is 0 Å². The number of hydrogen-bond acceptors (Lipinski definition) is 4. The van der Waals surface area contributed by atoms with Crippen molar-refractivity contribution >= 4 is 11.8 Å². The summed E-state index contributed by atoms with van der Waals surface area (Å²) in [5, 5.41) is 9.95. The van der Waals surface area contributed by atoms with Gasteiger partial charge in [-0.15, -0.1) is 0 Å². The van der Waals surface area contributed by atoms with E-state index in [1.165, 1.54) is 6.07 Å². The molecular weight excluding hydrogens is 332 g/mol. The number of phenols is 1. The highest BCUT2D eigenvalue weighted by molar-refractivity contribution is 5.98. The summed E-state index contributed by atoms with van der Waals surface area (Å²) < 4.78 is 5.16. The highest BCUT2D eigenvalue weighted by Gasteiger charge is 2.26. The van der Waals surface area contributed by atoms with Crippen molar-refractivity contribution in [2.75, 3.05) is 33.3 Å². The van der Waals surface area contributed by atoms with E-state index in [9.17, 15) is 14.7 Å².